The van der Waals surface area contributed by atoms with Crippen molar-refractivity contribution in [1.29, 1.82) is 0 Å². The summed E-state index contributed by atoms with van der Waals surface area (Å²) < 4.78 is 0. The second-order valence-corrected chi connectivity index (χ2v) is 4.92. The summed E-state index contributed by atoms with van der Waals surface area (Å²) in [5, 5.41) is 3.44. The molecule has 0 heterocycles. The first-order chi connectivity index (χ1) is 9.40. The number of rotatable bonds is 7. The zero-order chi connectivity index (χ0) is 13.3. The van der Waals surface area contributed by atoms with Gasteiger partial charge in [-0.3, -0.25) is 0 Å². The van der Waals surface area contributed by atoms with Crippen LogP contribution in [-0.4, -0.2) is 13.1 Å². The molecule has 0 atom stereocenters. The predicted octanol–water partition coefficient (Wildman–Crippen LogP) is 4.29. The Morgan fingerprint density at radius 1 is 0.789 bits per heavy atom. The fourth-order valence-corrected chi connectivity index (χ4v) is 2.21. The Balaban J connectivity index is 1.85. The van der Waals surface area contributed by atoms with Crippen molar-refractivity contribution in [3.63, 3.8) is 0 Å². The average molecular weight is 253 g/mol. The molecule has 0 unspecified atom stereocenters. The minimum Gasteiger partial charge on any atom is -0.317 e. The van der Waals surface area contributed by atoms with E-state index >= 15 is 0 Å². The molecule has 0 amide bonds. The van der Waals surface area contributed by atoms with Crippen LogP contribution in [0.1, 0.15) is 25.3 Å². The highest BCUT2D eigenvalue weighted by molar-refractivity contribution is 5.63. The van der Waals surface area contributed by atoms with Crippen molar-refractivity contribution in [2.45, 2.75) is 26.2 Å². The van der Waals surface area contributed by atoms with Crippen molar-refractivity contribution in [3.05, 3.63) is 60.2 Å². The number of hydrogen-bond acceptors (Lipinski definition) is 1. The van der Waals surface area contributed by atoms with Gasteiger partial charge in [0.15, 0.2) is 0 Å². The van der Waals surface area contributed by atoms with Crippen LogP contribution in [0.25, 0.3) is 11.1 Å². The van der Waals surface area contributed by atoms with Crippen molar-refractivity contribution in [2.75, 3.05) is 13.1 Å². The third-order valence-corrected chi connectivity index (χ3v) is 3.31. The molecule has 0 aliphatic carbocycles. The lowest BCUT2D eigenvalue weighted by Crippen LogP contribution is -2.16. The van der Waals surface area contributed by atoms with Gasteiger partial charge in [-0.1, -0.05) is 61.5 Å². The van der Waals surface area contributed by atoms with Crippen LogP contribution in [0.5, 0.6) is 0 Å². The van der Waals surface area contributed by atoms with E-state index in [4.69, 9.17) is 0 Å². The lowest BCUT2D eigenvalue weighted by atomic mass is 10.0. The Bertz CT molecular complexity index is 459. The molecular weight excluding hydrogens is 230 g/mol. The lowest BCUT2D eigenvalue weighted by molar-refractivity contribution is 0.640. The van der Waals surface area contributed by atoms with E-state index in [1.54, 1.807) is 0 Å². The monoisotopic (exact) mass is 253 g/mol. The molecule has 100 valence electrons. The highest BCUT2D eigenvalue weighted by atomic mass is 14.8. The van der Waals surface area contributed by atoms with Crippen LogP contribution in [0.15, 0.2) is 54.6 Å². The third-order valence-electron chi connectivity index (χ3n) is 3.31. The second-order valence-electron chi connectivity index (χ2n) is 4.92. The van der Waals surface area contributed by atoms with Gasteiger partial charge in [-0.15, -0.1) is 0 Å². The first-order valence-corrected chi connectivity index (χ1v) is 7.25. The molecule has 0 radical (unpaired) electrons. The molecule has 1 nitrogen and oxygen atoms in total. The van der Waals surface area contributed by atoms with E-state index < -0.39 is 0 Å². The summed E-state index contributed by atoms with van der Waals surface area (Å²) in [5.74, 6) is 0. The Morgan fingerprint density at radius 3 is 2.16 bits per heavy atom. The molecule has 0 aliphatic rings. The van der Waals surface area contributed by atoms with Crippen LogP contribution < -0.4 is 5.32 Å². The van der Waals surface area contributed by atoms with Crippen molar-refractivity contribution in [2.24, 2.45) is 0 Å². The molecule has 1 N–H and O–H groups in total. The maximum Gasteiger partial charge on any atom is -0.00458 e. The van der Waals surface area contributed by atoms with Gasteiger partial charge in [-0.05, 0) is 49.0 Å². The summed E-state index contributed by atoms with van der Waals surface area (Å²) in [5.41, 5.74) is 4.02. The van der Waals surface area contributed by atoms with Crippen LogP contribution in [-0.2, 0) is 6.42 Å². The van der Waals surface area contributed by atoms with Crippen molar-refractivity contribution in [1.82, 2.24) is 5.32 Å². The Morgan fingerprint density at radius 2 is 1.47 bits per heavy atom. The van der Waals surface area contributed by atoms with E-state index in [1.165, 1.54) is 29.5 Å². The molecule has 0 bridgehead atoms. The van der Waals surface area contributed by atoms with Crippen LogP contribution in [0.2, 0.25) is 0 Å². The summed E-state index contributed by atoms with van der Waals surface area (Å²) in [6.07, 6.45) is 3.59. The van der Waals surface area contributed by atoms with Gasteiger partial charge in [0.05, 0.1) is 0 Å². The van der Waals surface area contributed by atoms with Gasteiger partial charge in [0.1, 0.15) is 0 Å². The summed E-state index contributed by atoms with van der Waals surface area (Å²) in [7, 11) is 0. The van der Waals surface area contributed by atoms with Gasteiger partial charge < -0.3 is 5.32 Å². The van der Waals surface area contributed by atoms with Crippen LogP contribution in [0.3, 0.4) is 0 Å². The fourth-order valence-electron chi connectivity index (χ4n) is 2.21. The average Bonchev–Trinajstić information content (AvgIpc) is 2.49. The Hall–Kier alpha value is -1.60. The highest BCUT2D eigenvalue weighted by Gasteiger charge is 1.97. The molecule has 2 aromatic rings. The van der Waals surface area contributed by atoms with Gasteiger partial charge in [-0.25, -0.2) is 0 Å². The number of hydrogen-bond donors (Lipinski definition) is 1. The van der Waals surface area contributed by atoms with Crippen LogP contribution >= 0.6 is 0 Å². The lowest BCUT2D eigenvalue weighted by Gasteiger charge is -2.05. The van der Waals surface area contributed by atoms with Gasteiger partial charge in [0.2, 0.25) is 0 Å². The molecule has 2 aromatic carbocycles. The zero-order valence-electron chi connectivity index (χ0n) is 11.7. The van der Waals surface area contributed by atoms with E-state index in [-0.39, 0.29) is 0 Å². The maximum atomic E-state index is 3.44. The molecular formula is C18H23N. The van der Waals surface area contributed by atoms with Gasteiger partial charge in [0, 0.05) is 0 Å². The second kappa shape index (κ2) is 7.75. The van der Waals surface area contributed by atoms with E-state index in [2.05, 4.69) is 66.8 Å². The molecule has 0 aromatic heterocycles. The van der Waals surface area contributed by atoms with E-state index in [1.807, 2.05) is 0 Å². The van der Waals surface area contributed by atoms with E-state index in [9.17, 15) is 0 Å². The third kappa shape index (κ3) is 4.53. The predicted molar refractivity (Wildman–Crippen MR) is 83.4 cm³/mol. The molecule has 19 heavy (non-hydrogen) atoms. The van der Waals surface area contributed by atoms with Gasteiger partial charge >= 0.3 is 0 Å². The fraction of sp³-hybridized carbons (Fsp3) is 0.333. The number of aryl methyl sites for hydroxylation is 1. The highest BCUT2D eigenvalue weighted by Crippen LogP contribution is 2.19. The van der Waals surface area contributed by atoms with Gasteiger partial charge in [0.25, 0.3) is 0 Å². The van der Waals surface area contributed by atoms with Crippen molar-refractivity contribution < 1.29 is 0 Å². The molecule has 2 rings (SSSR count). The molecule has 0 fully saturated rings. The van der Waals surface area contributed by atoms with E-state index in [0.717, 1.165) is 19.5 Å². The molecule has 0 saturated carbocycles. The summed E-state index contributed by atoms with van der Waals surface area (Å²) in [4.78, 5) is 0. The molecule has 0 spiro atoms. The SMILES string of the molecule is CCCNCCCc1ccc(-c2ccccc2)cc1. The normalized spacial score (nSPS) is 10.6. The first-order valence-electron chi connectivity index (χ1n) is 7.25. The number of nitrogens with one attached hydrogen (secondary N) is 1. The smallest absolute Gasteiger partial charge is 0.00458 e. The quantitative estimate of drug-likeness (QED) is 0.726. The topological polar surface area (TPSA) is 12.0 Å². The molecule has 0 saturated heterocycles. The maximum absolute atomic E-state index is 3.44. The van der Waals surface area contributed by atoms with Crippen LogP contribution in [0, 0.1) is 0 Å². The Labute approximate surface area is 116 Å². The summed E-state index contributed by atoms with van der Waals surface area (Å²) >= 11 is 0. The van der Waals surface area contributed by atoms with E-state index in [0.29, 0.717) is 0 Å². The van der Waals surface area contributed by atoms with Crippen molar-refractivity contribution >= 4 is 0 Å². The minimum absolute atomic E-state index is 1.12. The summed E-state index contributed by atoms with van der Waals surface area (Å²) in [6, 6.07) is 19.5. The number of benzene rings is 2. The molecule has 1 heteroatoms. The summed E-state index contributed by atoms with van der Waals surface area (Å²) in [6.45, 7) is 4.45. The Kier molecular flexibility index (Phi) is 5.64. The standard InChI is InChI=1S/C18H23N/c1-2-14-19-15-6-7-16-10-12-18(13-11-16)17-8-4-3-5-9-17/h3-5,8-13,19H,2,6-7,14-15H2,1H3. The first kappa shape index (κ1) is 13.8. The van der Waals surface area contributed by atoms with Crippen LogP contribution in [0.4, 0.5) is 0 Å². The molecule has 0 aliphatic heterocycles. The van der Waals surface area contributed by atoms with Gasteiger partial charge in [-0.2, -0.15) is 0 Å². The zero-order valence-corrected chi connectivity index (χ0v) is 11.7. The minimum atomic E-state index is 1.12. The van der Waals surface area contributed by atoms with Crippen molar-refractivity contribution in [3.8, 4) is 11.1 Å². The largest absolute Gasteiger partial charge is 0.317 e.